The monoisotopic (exact) mass is 547 g/mol. The van der Waals surface area contributed by atoms with E-state index >= 15 is 0 Å². The maximum absolute atomic E-state index is 9.71. The molecular formula is C38H21N5. The van der Waals surface area contributed by atoms with Gasteiger partial charge in [-0.25, -0.2) is 4.98 Å². The Balaban J connectivity index is 1.36. The fourth-order valence-corrected chi connectivity index (χ4v) is 6.30. The Labute approximate surface area is 248 Å². The molecule has 0 saturated heterocycles. The molecule has 5 heteroatoms. The van der Waals surface area contributed by atoms with E-state index in [1.807, 2.05) is 30.3 Å². The van der Waals surface area contributed by atoms with Crippen LogP contribution in [0.4, 0.5) is 22.9 Å². The highest BCUT2D eigenvalue weighted by Crippen LogP contribution is 2.52. The van der Waals surface area contributed by atoms with Gasteiger partial charge in [-0.1, -0.05) is 91.5 Å². The van der Waals surface area contributed by atoms with E-state index in [-0.39, 0.29) is 11.5 Å². The normalized spacial score (nSPS) is 11.2. The Bertz CT molecular complexity index is 2260. The highest BCUT2D eigenvalue weighted by atomic mass is 15.1. The minimum absolute atomic E-state index is 0.0348. The van der Waals surface area contributed by atoms with Crippen LogP contribution in [-0.4, -0.2) is 9.97 Å². The topological polar surface area (TPSA) is 57.2 Å². The van der Waals surface area contributed by atoms with Crippen LogP contribution in [0.5, 0.6) is 0 Å². The molecule has 5 nitrogen and oxygen atoms in total. The zero-order valence-corrected chi connectivity index (χ0v) is 22.9. The number of hydrogen-bond acceptors (Lipinski definition) is 4. The number of fused-ring (bicyclic) bond motifs is 5. The van der Waals surface area contributed by atoms with Crippen molar-refractivity contribution in [1.82, 2.24) is 9.97 Å². The number of aromatic nitrogens is 2. The molecular weight excluding hydrogens is 526 g/mol. The van der Waals surface area contributed by atoms with Crippen molar-refractivity contribution >= 4 is 44.4 Å². The quantitative estimate of drug-likeness (QED) is 0.162. The molecule has 0 atom stereocenters. The Hall–Kier alpha value is -6.30. The third kappa shape index (κ3) is 3.70. The molecule has 43 heavy (non-hydrogen) atoms. The molecule has 7 aromatic rings. The van der Waals surface area contributed by atoms with Crippen LogP contribution in [0.3, 0.4) is 0 Å². The van der Waals surface area contributed by atoms with Crippen LogP contribution < -0.4 is 4.90 Å². The van der Waals surface area contributed by atoms with Crippen molar-refractivity contribution < 1.29 is 0 Å². The van der Waals surface area contributed by atoms with E-state index in [1.165, 1.54) is 0 Å². The van der Waals surface area contributed by atoms with Crippen LogP contribution in [0.15, 0.2) is 127 Å². The van der Waals surface area contributed by atoms with Gasteiger partial charge in [-0.3, -0.25) is 0 Å². The molecule has 1 heterocycles. The second-order valence-electron chi connectivity index (χ2n) is 10.4. The van der Waals surface area contributed by atoms with Gasteiger partial charge >= 0.3 is 5.82 Å². The Morgan fingerprint density at radius 2 is 1.16 bits per heavy atom. The minimum atomic E-state index is 0.0348. The van der Waals surface area contributed by atoms with Crippen LogP contribution >= 0.6 is 0 Å². The molecule has 0 unspecified atom stereocenters. The van der Waals surface area contributed by atoms with Gasteiger partial charge in [-0.05, 0) is 69.8 Å². The molecule has 0 fully saturated rings. The average Bonchev–Trinajstić information content (AvgIpc) is 3.40. The number of rotatable bonds is 4. The summed E-state index contributed by atoms with van der Waals surface area (Å²) in [6, 6.07) is 46.1. The summed E-state index contributed by atoms with van der Waals surface area (Å²) in [5.41, 5.74) is 8.75. The summed E-state index contributed by atoms with van der Waals surface area (Å²) in [5.74, 6) is 0.0348. The van der Waals surface area contributed by atoms with E-state index in [4.69, 9.17) is 6.57 Å². The molecule has 0 N–H and O–H groups in total. The molecule has 6 aromatic carbocycles. The lowest BCUT2D eigenvalue weighted by Crippen LogP contribution is -2.09. The summed E-state index contributed by atoms with van der Waals surface area (Å²) in [4.78, 5) is 15.1. The van der Waals surface area contributed by atoms with Gasteiger partial charge in [0.1, 0.15) is 11.8 Å². The molecule has 0 aliphatic heterocycles. The fraction of sp³-hybridized carbons (Fsp3) is 0. The second kappa shape index (κ2) is 9.66. The maximum Gasteiger partial charge on any atom is 0.307 e. The van der Waals surface area contributed by atoms with Gasteiger partial charge in [0, 0.05) is 33.6 Å². The first-order valence-corrected chi connectivity index (χ1v) is 14.0. The Morgan fingerprint density at radius 1 is 0.581 bits per heavy atom. The number of benzene rings is 6. The molecule has 1 aromatic heterocycles. The average molecular weight is 548 g/mol. The molecule has 1 aliphatic carbocycles. The molecule has 198 valence electrons. The minimum Gasteiger partial charge on any atom is -0.358 e. The van der Waals surface area contributed by atoms with E-state index < -0.39 is 0 Å². The summed E-state index contributed by atoms with van der Waals surface area (Å²) in [7, 11) is 0. The lowest BCUT2D eigenvalue weighted by molar-refractivity contribution is 1.21. The van der Waals surface area contributed by atoms with E-state index in [1.54, 1.807) is 0 Å². The van der Waals surface area contributed by atoms with Crippen LogP contribution in [0.1, 0.15) is 5.69 Å². The van der Waals surface area contributed by atoms with Gasteiger partial charge < -0.3 is 9.74 Å². The third-order valence-electron chi connectivity index (χ3n) is 8.07. The lowest BCUT2D eigenvalue weighted by atomic mass is 9.88. The fourth-order valence-electron chi connectivity index (χ4n) is 6.30. The first-order chi connectivity index (χ1) is 21.3. The Kier molecular flexibility index (Phi) is 5.50. The summed E-state index contributed by atoms with van der Waals surface area (Å²) in [6.07, 6.45) is 0. The van der Waals surface area contributed by atoms with E-state index in [9.17, 15) is 5.26 Å². The number of nitrogens with zero attached hydrogens (tertiary/aromatic N) is 5. The molecule has 0 radical (unpaired) electrons. The van der Waals surface area contributed by atoms with E-state index in [0.717, 1.165) is 60.9 Å². The van der Waals surface area contributed by atoms with Crippen LogP contribution in [0.25, 0.3) is 60.0 Å². The highest BCUT2D eigenvalue weighted by molar-refractivity contribution is 6.28. The van der Waals surface area contributed by atoms with Crippen LogP contribution in [0, 0.1) is 17.9 Å². The lowest BCUT2D eigenvalue weighted by Gasteiger charge is -2.25. The number of nitriles is 1. The molecule has 0 spiro atoms. The van der Waals surface area contributed by atoms with Crippen molar-refractivity contribution in [3.63, 3.8) is 0 Å². The second-order valence-corrected chi connectivity index (χ2v) is 10.4. The van der Waals surface area contributed by atoms with Crippen molar-refractivity contribution in [3.8, 4) is 39.7 Å². The van der Waals surface area contributed by atoms with E-state index in [2.05, 4.69) is 123 Å². The highest BCUT2D eigenvalue weighted by Gasteiger charge is 2.32. The van der Waals surface area contributed by atoms with E-state index in [0.29, 0.717) is 11.4 Å². The van der Waals surface area contributed by atoms with Gasteiger partial charge in [0.25, 0.3) is 0 Å². The molecule has 1 aliphatic rings. The predicted octanol–water partition coefficient (Wildman–Crippen LogP) is 9.99. The van der Waals surface area contributed by atoms with Crippen molar-refractivity contribution in [2.75, 3.05) is 4.90 Å². The maximum atomic E-state index is 9.71. The number of para-hydroxylation sites is 2. The van der Waals surface area contributed by atoms with Gasteiger partial charge in [0.15, 0.2) is 11.4 Å². The van der Waals surface area contributed by atoms with Gasteiger partial charge in [-0.15, -0.1) is 4.98 Å². The number of hydrogen-bond donors (Lipinski definition) is 0. The third-order valence-corrected chi connectivity index (χ3v) is 8.07. The van der Waals surface area contributed by atoms with Crippen molar-refractivity contribution in [3.05, 3.63) is 145 Å². The zero-order valence-electron chi connectivity index (χ0n) is 22.9. The van der Waals surface area contributed by atoms with Crippen LogP contribution in [-0.2, 0) is 0 Å². The largest absolute Gasteiger partial charge is 0.358 e. The van der Waals surface area contributed by atoms with Crippen molar-refractivity contribution in [2.45, 2.75) is 0 Å². The van der Waals surface area contributed by atoms with Gasteiger partial charge in [0.05, 0.1) is 0 Å². The summed E-state index contributed by atoms with van der Waals surface area (Å²) in [5, 5.41) is 14.0. The number of anilines is 3. The summed E-state index contributed by atoms with van der Waals surface area (Å²) < 4.78 is 0. The molecule has 0 bridgehead atoms. The van der Waals surface area contributed by atoms with Crippen LogP contribution in [0.2, 0.25) is 0 Å². The zero-order chi connectivity index (χ0) is 28.9. The molecule has 0 amide bonds. The van der Waals surface area contributed by atoms with Crippen molar-refractivity contribution in [1.29, 1.82) is 5.26 Å². The SMILES string of the molecule is [C-]#[N+]c1nc2c(nc1C#N)-c1c3ccccc3c(-c3ccc(N(c4ccccc4)c4ccccc4)cc3)c3cccc-2c13. The standard InChI is InChI=1S/C38H21N5/c1-40-38-32(23-39)41-37-35-29-16-9-8-15-28(29)33(30-17-10-18-31(34(30)35)36(37)42-38)24-19-21-27(22-20-24)43(25-11-4-2-5-12-25)26-13-6-3-7-14-26/h2-22H. The Morgan fingerprint density at radius 3 is 1.79 bits per heavy atom. The smallest absolute Gasteiger partial charge is 0.307 e. The van der Waals surface area contributed by atoms with Gasteiger partial charge in [0.2, 0.25) is 0 Å². The molecule has 8 rings (SSSR count). The summed E-state index contributed by atoms with van der Waals surface area (Å²) >= 11 is 0. The first kappa shape index (κ1) is 24.5. The van der Waals surface area contributed by atoms with Crippen molar-refractivity contribution in [2.24, 2.45) is 0 Å². The molecule has 0 saturated carbocycles. The summed E-state index contributed by atoms with van der Waals surface area (Å²) in [6.45, 7) is 7.56. The first-order valence-electron chi connectivity index (χ1n) is 14.0. The van der Waals surface area contributed by atoms with Gasteiger partial charge in [-0.2, -0.15) is 5.26 Å². The predicted molar refractivity (Wildman–Crippen MR) is 173 cm³/mol.